The molecule has 1 N–H and O–H groups in total. The molecule has 0 radical (unpaired) electrons. The number of nitrogens with one attached hydrogen (secondary N) is 1. The molecule has 2 nitrogen and oxygen atoms in total. The van der Waals surface area contributed by atoms with Crippen molar-refractivity contribution in [2.45, 2.75) is 64.0 Å². The largest absolute Gasteiger partial charge is 0.378 e. The highest BCUT2D eigenvalue weighted by molar-refractivity contribution is 4.83. The van der Waals surface area contributed by atoms with Crippen LogP contribution in [-0.4, -0.2) is 25.3 Å². The topological polar surface area (TPSA) is 21.3 Å². The Balaban J connectivity index is 1.68. The van der Waals surface area contributed by atoms with E-state index in [1.54, 1.807) is 0 Å². The van der Waals surface area contributed by atoms with Gasteiger partial charge in [0.05, 0.1) is 6.10 Å². The lowest BCUT2D eigenvalue weighted by Crippen LogP contribution is -2.32. The average Bonchev–Trinajstić information content (AvgIpc) is 2.85. The fourth-order valence-corrected chi connectivity index (χ4v) is 3.19. The number of hydrogen-bond donors (Lipinski definition) is 1. The fourth-order valence-electron chi connectivity index (χ4n) is 3.19. The summed E-state index contributed by atoms with van der Waals surface area (Å²) >= 11 is 0. The van der Waals surface area contributed by atoms with Gasteiger partial charge in [0.25, 0.3) is 0 Å². The van der Waals surface area contributed by atoms with Crippen molar-refractivity contribution in [1.82, 2.24) is 5.32 Å². The van der Waals surface area contributed by atoms with E-state index in [1.165, 1.54) is 44.9 Å². The van der Waals surface area contributed by atoms with Crippen LogP contribution in [0.15, 0.2) is 0 Å². The predicted molar refractivity (Wildman–Crippen MR) is 63.0 cm³/mol. The Morgan fingerprint density at radius 3 is 2.80 bits per heavy atom. The molecular weight excluding hydrogens is 186 g/mol. The van der Waals surface area contributed by atoms with E-state index in [0.29, 0.717) is 6.10 Å². The number of hydrogen-bond acceptors (Lipinski definition) is 2. The highest BCUT2D eigenvalue weighted by Gasteiger charge is 2.27. The van der Waals surface area contributed by atoms with Gasteiger partial charge in [-0.15, -0.1) is 0 Å². The lowest BCUT2D eigenvalue weighted by Gasteiger charge is -2.21. The van der Waals surface area contributed by atoms with E-state index in [0.717, 1.165) is 25.1 Å². The first-order chi connectivity index (χ1) is 7.40. The van der Waals surface area contributed by atoms with Crippen LogP contribution in [0, 0.1) is 5.92 Å². The van der Waals surface area contributed by atoms with Gasteiger partial charge < -0.3 is 10.1 Å². The van der Waals surface area contributed by atoms with Crippen LogP contribution in [-0.2, 0) is 4.74 Å². The second kappa shape index (κ2) is 5.86. The van der Waals surface area contributed by atoms with Crippen molar-refractivity contribution in [2.24, 2.45) is 5.92 Å². The highest BCUT2D eigenvalue weighted by Crippen LogP contribution is 2.31. The zero-order valence-corrected chi connectivity index (χ0v) is 10.0. The van der Waals surface area contributed by atoms with Crippen molar-refractivity contribution < 1.29 is 4.74 Å². The second-order valence-electron chi connectivity index (χ2n) is 5.07. The van der Waals surface area contributed by atoms with E-state index in [2.05, 4.69) is 12.2 Å². The van der Waals surface area contributed by atoms with Gasteiger partial charge >= 0.3 is 0 Å². The van der Waals surface area contributed by atoms with Gasteiger partial charge in [0, 0.05) is 12.6 Å². The van der Waals surface area contributed by atoms with Crippen molar-refractivity contribution in [3.05, 3.63) is 0 Å². The third-order valence-electron chi connectivity index (χ3n) is 4.01. The maximum atomic E-state index is 5.69. The third kappa shape index (κ3) is 3.18. The first-order valence-corrected chi connectivity index (χ1v) is 6.75. The van der Waals surface area contributed by atoms with Crippen molar-refractivity contribution in [3.63, 3.8) is 0 Å². The van der Waals surface area contributed by atoms with Crippen LogP contribution in [0.4, 0.5) is 0 Å². The van der Waals surface area contributed by atoms with Crippen LogP contribution in [0.2, 0.25) is 0 Å². The summed E-state index contributed by atoms with van der Waals surface area (Å²) in [6, 6.07) is 0.802. The standard InChI is InChI=1S/C13H25NO/c1-2-14-13-7-3-5-11(13)8-9-12-6-4-10-15-12/h11-14H,2-10H2,1H3. The Hall–Kier alpha value is -0.0800. The van der Waals surface area contributed by atoms with Crippen LogP contribution in [0.25, 0.3) is 0 Å². The summed E-state index contributed by atoms with van der Waals surface area (Å²) in [7, 11) is 0. The summed E-state index contributed by atoms with van der Waals surface area (Å²) < 4.78 is 5.69. The van der Waals surface area contributed by atoms with Crippen molar-refractivity contribution in [3.8, 4) is 0 Å². The smallest absolute Gasteiger partial charge is 0.0576 e. The average molecular weight is 211 g/mol. The van der Waals surface area contributed by atoms with Crippen LogP contribution >= 0.6 is 0 Å². The Kier molecular flexibility index (Phi) is 4.45. The zero-order chi connectivity index (χ0) is 10.5. The Bertz CT molecular complexity index is 177. The van der Waals surface area contributed by atoms with Crippen LogP contribution in [0.5, 0.6) is 0 Å². The first kappa shape index (κ1) is 11.4. The summed E-state index contributed by atoms with van der Waals surface area (Å²) in [6.45, 7) is 4.35. The maximum Gasteiger partial charge on any atom is 0.0576 e. The van der Waals surface area contributed by atoms with E-state index < -0.39 is 0 Å². The lowest BCUT2D eigenvalue weighted by molar-refractivity contribution is 0.0970. The first-order valence-electron chi connectivity index (χ1n) is 6.75. The maximum absolute atomic E-state index is 5.69. The minimum atomic E-state index is 0.591. The third-order valence-corrected chi connectivity index (χ3v) is 4.01. The van der Waals surface area contributed by atoms with Gasteiger partial charge in [-0.2, -0.15) is 0 Å². The molecule has 3 unspecified atom stereocenters. The van der Waals surface area contributed by atoms with E-state index in [1.807, 2.05) is 0 Å². The van der Waals surface area contributed by atoms with Crippen molar-refractivity contribution >= 4 is 0 Å². The molecule has 1 aliphatic heterocycles. The lowest BCUT2D eigenvalue weighted by atomic mass is 9.95. The molecule has 0 spiro atoms. The molecule has 2 rings (SSSR count). The van der Waals surface area contributed by atoms with Crippen LogP contribution in [0.1, 0.15) is 51.9 Å². The van der Waals surface area contributed by atoms with Crippen LogP contribution < -0.4 is 5.32 Å². The summed E-state index contributed by atoms with van der Waals surface area (Å²) in [5.74, 6) is 0.925. The fraction of sp³-hybridized carbons (Fsp3) is 1.00. The van der Waals surface area contributed by atoms with E-state index >= 15 is 0 Å². The minimum Gasteiger partial charge on any atom is -0.378 e. The van der Waals surface area contributed by atoms with Crippen molar-refractivity contribution in [2.75, 3.05) is 13.2 Å². The van der Waals surface area contributed by atoms with Gasteiger partial charge in [-0.3, -0.25) is 0 Å². The molecule has 0 bridgehead atoms. The van der Waals surface area contributed by atoms with Gasteiger partial charge in [0.15, 0.2) is 0 Å². The highest BCUT2D eigenvalue weighted by atomic mass is 16.5. The molecule has 1 saturated heterocycles. The summed E-state index contributed by atoms with van der Waals surface area (Å²) in [5.41, 5.74) is 0. The monoisotopic (exact) mass is 211 g/mol. The van der Waals surface area contributed by atoms with E-state index in [9.17, 15) is 0 Å². The Morgan fingerprint density at radius 1 is 1.13 bits per heavy atom. The number of ether oxygens (including phenoxy) is 1. The molecule has 0 aromatic heterocycles. The second-order valence-corrected chi connectivity index (χ2v) is 5.07. The summed E-state index contributed by atoms with van der Waals surface area (Å²) in [5, 5.41) is 3.63. The Morgan fingerprint density at radius 2 is 2.07 bits per heavy atom. The van der Waals surface area contributed by atoms with E-state index in [4.69, 9.17) is 4.74 Å². The van der Waals surface area contributed by atoms with Gasteiger partial charge in [0.1, 0.15) is 0 Å². The zero-order valence-electron chi connectivity index (χ0n) is 10.0. The molecular formula is C13H25NO. The van der Waals surface area contributed by atoms with Gasteiger partial charge in [-0.05, 0) is 51.0 Å². The molecule has 2 heteroatoms. The molecule has 88 valence electrons. The molecule has 1 heterocycles. The van der Waals surface area contributed by atoms with Gasteiger partial charge in [-0.25, -0.2) is 0 Å². The quantitative estimate of drug-likeness (QED) is 0.755. The molecule has 2 fully saturated rings. The summed E-state index contributed by atoms with van der Waals surface area (Å²) in [4.78, 5) is 0. The minimum absolute atomic E-state index is 0.591. The molecule has 1 aliphatic carbocycles. The molecule has 0 aromatic rings. The number of rotatable bonds is 5. The Labute approximate surface area is 93.8 Å². The van der Waals surface area contributed by atoms with Gasteiger partial charge in [0.2, 0.25) is 0 Å². The van der Waals surface area contributed by atoms with Crippen LogP contribution in [0.3, 0.4) is 0 Å². The molecule has 0 amide bonds. The SMILES string of the molecule is CCNC1CCCC1CCC1CCCO1. The normalized spacial score (nSPS) is 36.2. The van der Waals surface area contributed by atoms with Gasteiger partial charge in [-0.1, -0.05) is 13.3 Å². The molecule has 15 heavy (non-hydrogen) atoms. The summed E-state index contributed by atoms with van der Waals surface area (Å²) in [6.07, 6.45) is 10.1. The molecule has 0 aromatic carbocycles. The van der Waals surface area contributed by atoms with E-state index in [-0.39, 0.29) is 0 Å². The predicted octanol–water partition coefficient (Wildman–Crippen LogP) is 2.72. The van der Waals surface area contributed by atoms with Crippen molar-refractivity contribution in [1.29, 1.82) is 0 Å². The molecule has 2 aliphatic rings. The molecule has 3 atom stereocenters. The molecule has 1 saturated carbocycles.